The van der Waals surface area contributed by atoms with Gasteiger partial charge in [-0.3, -0.25) is 4.79 Å². The van der Waals surface area contributed by atoms with Gasteiger partial charge in [-0.25, -0.2) is 0 Å². The zero-order valence-corrected chi connectivity index (χ0v) is 16.2. The SMILES string of the molecule is CC1(C)CC(=O)C2C(C1)Oc1ccc3ccccc3c1C2c1ccc(O)cc1. The first kappa shape index (κ1) is 17.3. The molecule has 0 bridgehead atoms. The standard InChI is InChI=1S/C25H24O3/c1-25(2)13-19(27)24-21(14-25)28-20-12-9-15-5-3-4-6-18(15)23(20)22(24)16-7-10-17(26)11-8-16/h3-12,21-22,24,26H,13-14H2,1-2H3. The second-order valence-corrected chi connectivity index (χ2v) is 8.96. The van der Waals surface area contributed by atoms with Gasteiger partial charge in [0.1, 0.15) is 23.4 Å². The Balaban J connectivity index is 1.76. The average molecular weight is 372 g/mol. The quantitative estimate of drug-likeness (QED) is 0.618. The van der Waals surface area contributed by atoms with E-state index in [4.69, 9.17) is 4.74 Å². The third kappa shape index (κ3) is 2.69. The summed E-state index contributed by atoms with van der Waals surface area (Å²) in [5.74, 6) is 1.13. The third-order valence-electron chi connectivity index (χ3n) is 6.31. The molecule has 1 heterocycles. The van der Waals surface area contributed by atoms with Gasteiger partial charge in [0.2, 0.25) is 0 Å². The molecule has 0 saturated heterocycles. The monoisotopic (exact) mass is 372 g/mol. The van der Waals surface area contributed by atoms with Crippen molar-refractivity contribution in [3.05, 3.63) is 71.8 Å². The van der Waals surface area contributed by atoms with Gasteiger partial charge in [0.25, 0.3) is 0 Å². The predicted octanol–water partition coefficient (Wildman–Crippen LogP) is 5.44. The molecule has 5 rings (SSSR count). The molecule has 28 heavy (non-hydrogen) atoms. The lowest BCUT2D eigenvalue weighted by molar-refractivity contribution is -0.135. The molecule has 3 atom stereocenters. The Morgan fingerprint density at radius 1 is 1.00 bits per heavy atom. The highest BCUT2D eigenvalue weighted by atomic mass is 16.5. The first-order chi connectivity index (χ1) is 13.4. The first-order valence-electron chi connectivity index (χ1n) is 9.93. The lowest BCUT2D eigenvalue weighted by atomic mass is 9.63. The van der Waals surface area contributed by atoms with Gasteiger partial charge < -0.3 is 9.84 Å². The molecule has 1 N–H and O–H groups in total. The van der Waals surface area contributed by atoms with Crippen LogP contribution in [0.2, 0.25) is 0 Å². The Bertz CT molecular complexity index is 1060. The topological polar surface area (TPSA) is 46.5 Å². The molecule has 0 amide bonds. The van der Waals surface area contributed by atoms with Crippen molar-refractivity contribution in [1.29, 1.82) is 0 Å². The van der Waals surface area contributed by atoms with Crippen LogP contribution in [0.15, 0.2) is 60.7 Å². The summed E-state index contributed by atoms with van der Waals surface area (Å²) in [5.41, 5.74) is 2.10. The minimum Gasteiger partial charge on any atom is -0.508 e. The fraction of sp³-hybridized carbons (Fsp3) is 0.320. The summed E-state index contributed by atoms with van der Waals surface area (Å²) in [6.07, 6.45) is 1.32. The maximum Gasteiger partial charge on any atom is 0.141 e. The van der Waals surface area contributed by atoms with Crippen LogP contribution in [-0.2, 0) is 4.79 Å². The van der Waals surface area contributed by atoms with Crippen molar-refractivity contribution in [1.82, 2.24) is 0 Å². The molecule has 1 fully saturated rings. The summed E-state index contributed by atoms with van der Waals surface area (Å²) in [4.78, 5) is 13.3. The molecule has 3 nitrogen and oxygen atoms in total. The van der Waals surface area contributed by atoms with Gasteiger partial charge in [0, 0.05) is 17.9 Å². The molecule has 142 valence electrons. The molecular weight excluding hydrogens is 348 g/mol. The van der Waals surface area contributed by atoms with Crippen molar-refractivity contribution in [3.8, 4) is 11.5 Å². The van der Waals surface area contributed by atoms with E-state index in [0.717, 1.165) is 34.1 Å². The molecule has 2 aliphatic rings. The molecule has 0 aromatic heterocycles. The predicted molar refractivity (Wildman–Crippen MR) is 110 cm³/mol. The number of phenolic OH excluding ortho intramolecular Hbond substituents is 1. The van der Waals surface area contributed by atoms with Crippen LogP contribution in [0.1, 0.15) is 43.7 Å². The smallest absolute Gasteiger partial charge is 0.141 e. The Hall–Kier alpha value is -2.81. The number of rotatable bonds is 1. The number of aromatic hydroxyl groups is 1. The molecule has 1 aliphatic heterocycles. The second kappa shape index (κ2) is 6.10. The van der Waals surface area contributed by atoms with Gasteiger partial charge in [-0.15, -0.1) is 0 Å². The minimum absolute atomic E-state index is 0.0495. The Labute approximate surface area is 165 Å². The Morgan fingerprint density at radius 3 is 2.54 bits per heavy atom. The third-order valence-corrected chi connectivity index (χ3v) is 6.31. The minimum atomic E-state index is -0.198. The Kier molecular flexibility index (Phi) is 3.77. The van der Waals surface area contributed by atoms with E-state index in [1.165, 1.54) is 0 Å². The zero-order chi connectivity index (χ0) is 19.5. The van der Waals surface area contributed by atoms with Crippen molar-refractivity contribution in [2.75, 3.05) is 0 Å². The number of Topliss-reactive ketones (excluding diaryl/α,β-unsaturated/α-hetero) is 1. The van der Waals surface area contributed by atoms with E-state index < -0.39 is 0 Å². The highest BCUT2D eigenvalue weighted by Gasteiger charge is 2.49. The maximum atomic E-state index is 13.3. The molecule has 3 unspecified atom stereocenters. The first-order valence-corrected chi connectivity index (χ1v) is 9.93. The van der Waals surface area contributed by atoms with Gasteiger partial charge in [-0.1, -0.05) is 56.3 Å². The summed E-state index contributed by atoms with van der Waals surface area (Å²) in [6.45, 7) is 4.30. The molecule has 0 spiro atoms. The van der Waals surface area contributed by atoms with Crippen LogP contribution >= 0.6 is 0 Å². The average Bonchev–Trinajstić information content (AvgIpc) is 2.66. The lowest BCUT2D eigenvalue weighted by Crippen LogP contribution is -2.48. The van der Waals surface area contributed by atoms with Crippen LogP contribution in [0.4, 0.5) is 0 Å². The van der Waals surface area contributed by atoms with E-state index in [1.54, 1.807) is 12.1 Å². The van der Waals surface area contributed by atoms with Gasteiger partial charge >= 0.3 is 0 Å². The number of fused-ring (bicyclic) bond motifs is 4. The van der Waals surface area contributed by atoms with Gasteiger partial charge in [0.05, 0.1) is 5.92 Å². The molecule has 1 saturated carbocycles. The fourth-order valence-electron chi connectivity index (χ4n) is 5.15. The van der Waals surface area contributed by atoms with E-state index in [0.29, 0.717) is 6.42 Å². The number of phenols is 1. The van der Waals surface area contributed by atoms with Crippen molar-refractivity contribution >= 4 is 16.6 Å². The van der Waals surface area contributed by atoms with E-state index >= 15 is 0 Å². The summed E-state index contributed by atoms with van der Waals surface area (Å²) >= 11 is 0. The van der Waals surface area contributed by atoms with Gasteiger partial charge in [0.15, 0.2) is 0 Å². The number of hydrogen-bond acceptors (Lipinski definition) is 3. The van der Waals surface area contributed by atoms with Crippen LogP contribution in [0.5, 0.6) is 11.5 Å². The molecule has 3 aromatic rings. The molecule has 1 aliphatic carbocycles. The van der Waals surface area contributed by atoms with E-state index in [9.17, 15) is 9.90 Å². The largest absolute Gasteiger partial charge is 0.508 e. The highest BCUT2D eigenvalue weighted by molar-refractivity contribution is 5.92. The van der Waals surface area contributed by atoms with Crippen LogP contribution in [0.3, 0.4) is 0 Å². The van der Waals surface area contributed by atoms with Gasteiger partial charge in [-0.05, 0) is 46.4 Å². The number of carbonyl (C=O) groups is 1. The number of benzene rings is 3. The van der Waals surface area contributed by atoms with Crippen molar-refractivity contribution in [2.24, 2.45) is 11.3 Å². The van der Waals surface area contributed by atoms with E-state index in [-0.39, 0.29) is 34.9 Å². The molecular formula is C25H24O3. The van der Waals surface area contributed by atoms with Crippen LogP contribution in [-0.4, -0.2) is 17.0 Å². The molecule has 3 heteroatoms. The summed E-state index contributed by atoms with van der Waals surface area (Å²) < 4.78 is 6.46. The fourth-order valence-corrected chi connectivity index (χ4v) is 5.15. The van der Waals surface area contributed by atoms with E-state index in [2.05, 4.69) is 32.0 Å². The normalized spacial score (nSPS) is 25.6. The number of carbonyl (C=O) groups excluding carboxylic acids is 1. The number of ketones is 1. The second-order valence-electron chi connectivity index (χ2n) is 8.96. The van der Waals surface area contributed by atoms with Crippen LogP contribution in [0, 0.1) is 11.3 Å². The summed E-state index contributed by atoms with van der Waals surface area (Å²) in [7, 11) is 0. The summed E-state index contributed by atoms with van der Waals surface area (Å²) in [5, 5.41) is 12.1. The van der Waals surface area contributed by atoms with Crippen molar-refractivity contribution in [3.63, 3.8) is 0 Å². The number of ether oxygens (including phenoxy) is 1. The molecule has 3 aromatic carbocycles. The highest BCUT2D eigenvalue weighted by Crippen LogP contribution is 2.52. The van der Waals surface area contributed by atoms with Gasteiger partial charge in [-0.2, -0.15) is 0 Å². The molecule has 0 radical (unpaired) electrons. The Morgan fingerprint density at radius 2 is 1.75 bits per heavy atom. The number of hydrogen-bond donors (Lipinski definition) is 1. The summed E-state index contributed by atoms with van der Waals surface area (Å²) in [6, 6.07) is 19.7. The van der Waals surface area contributed by atoms with Crippen LogP contribution < -0.4 is 4.74 Å². The van der Waals surface area contributed by atoms with Crippen molar-refractivity contribution < 1.29 is 14.6 Å². The van der Waals surface area contributed by atoms with Crippen LogP contribution in [0.25, 0.3) is 10.8 Å². The zero-order valence-electron chi connectivity index (χ0n) is 16.2. The van der Waals surface area contributed by atoms with Crippen molar-refractivity contribution in [2.45, 2.75) is 38.7 Å². The maximum absolute atomic E-state index is 13.3. The van der Waals surface area contributed by atoms with E-state index in [1.807, 2.05) is 30.3 Å². The lowest BCUT2D eigenvalue weighted by Gasteiger charge is -2.46.